The summed E-state index contributed by atoms with van der Waals surface area (Å²) < 4.78 is 36.0. The number of likely N-dealkylation sites (N-methyl/N-ethyl adjacent to an activating group) is 1. The number of hydrogen-bond acceptors (Lipinski definition) is 7. The van der Waals surface area contributed by atoms with Crippen molar-refractivity contribution in [1.82, 2.24) is 14.6 Å². The quantitative estimate of drug-likeness (QED) is 0.225. The third-order valence-corrected chi connectivity index (χ3v) is 9.47. The first-order chi connectivity index (χ1) is 19.6. The minimum atomic E-state index is -4.26. The lowest BCUT2D eigenvalue weighted by Crippen LogP contribution is -2.42. The Balaban J connectivity index is 1.52. The number of thiophene rings is 1. The Kier molecular flexibility index (Phi) is 7.98. The maximum Gasteiger partial charge on any atom is 0.313 e. The Labute approximate surface area is 240 Å². The van der Waals surface area contributed by atoms with Gasteiger partial charge < -0.3 is 19.7 Å². The molecule has 0 radical (unpaired) electrons. The zero-order chi connectivity index (χ0) is 29.2. The number of nitrogens with one attached hydrogen (secondary N) is 2. The van der Waals surface area contributed by atoms with Crippen LogP contribution in [0.4, 0.5) is 0 Å². The molecular weight excluding hydrogens is 566 g/mol. The maximum atomic E-state index is 14.0. The number of carbonyl (C=O) groups excluding carboxylic acids is 1. The number of sulfonamides is 1. The van der Waals surface area contributed by atoms with Gasteiger partial charge in [-0.25, -0.2) is 8.42 Å². The van der Waals surface area contributed by atoms with E-state index in [0.29, 0.717) is 36.8 Å². The van der Waals surface area contributed by atoms with E-state index in [1.54, 1.807) is 29.2 Å². The summed E-state index contributed by atoms with van der Waals surface area (Å²) in [4.78, 5) is 42.5. The number of aliphatic carboxylic acids is 1. The van der Waals surface area contributed by atoms with Gasteiger partial charge in [0.15, 0.2) is 0 Å². The molecule has 1 atom stereocenters. The van der Waals surface area contributed by atoms with Gasteiger partial charge in [-0.15, -0.1) is 11.3 Å². The van der Waals surface area contributed by atoms with Gasteiger partial charge in [0.2, 0.25) is 21.5 Å². The van der Waals surface area contributed by atoms with Gasteiger partial charge in [0.1, 0.15) is 23.8 Å². The van der Waals surface area contributed by atoms with Crippen LogP contribution in [0.15, 0.2) is 81.8 Å². The first-order valence-electron chi connectivity index (χ1n) is 13.0. The lowest BCUT2D eigenvalue weighted by Gasteiger charge is -2.28. The number of carboxylic acid groups (broad SMARTS) is 1. The molecule has 1 aliphatic carbocycles. The third-order valence-electron chi connectivity index (χ3n) is 7.19. The largest absolute Gasteiger partial charge is 0.492 e. The molecule has 2 heterocycles. The number of benzene rings is 2. The predicted molar refractivity (Wildman–Crippen MR) is 154 cm³/mol. The number of hydrogen-bond donors (Lipinski definition) is 3. The van der Waals surface area contributed by atoms with E-state index in [1.165, 1.54) is 41.7 Å². The summed E-state index contributed by atoms with van der Waals surface area (Å²) in [6.07, 6.45) is 0.967. The zero-order valence-electron chi connectivity index (χ0n) is 22.2. The fraction of sp³-hybridized carbons (Fsp3) is 0.276. The van der Waals surface area contributed by atoms with E-state index in [-0.39, 0.29) is 28.4 Å². The average molecular weight is 596 g/mol. The van der Waals surface area contributed by atoms with Crippen molar-refractivity contribution in [2.24, 2.45) is 5.41 Å². The van der Waals surface area contributed by atoms with Crippen molar-refractivity contribution < 1.29 is 27.9 Å². The SMILES string of the molecule is CCN(Cc1cccs1)C(=O)[C@@H](NS(=O)(=O)c1ccc2[nH]c(=O)ccc2c1)c1ccccc1OCC1(C(=O)O)CC1. The Bertz CT molecular complexity index is 1750. The maximum absolute atomic E-state index is 14.0. The normalized spacial score (nSPS) is 14.9. The van der Waals surface area contributed by atoms with Crippen molar-refractivity contribution in [3.05, 3.63) is 92.9 Å². The van der Waals surface area contributed by atoms with Gasteiger partial charge in [-0.05, 0) is 66.9 Å². The van der Waals surface area contributed by atoms with E-state index in [4.69, 9.17) is 4.74 Å². The summed E-state index contributed by atoms with van der Waals surface area (Å²) >= 11 is 1.49. The standard InChI is InChI=1S/C29H29N3O7S2/c1-2-32(17-20-6-5-15-40-20)27(34)26(22-7-3-4-8-24(22)39-18-29(13-14-29)28(35)36)31-41(37,38)21-10-11-23-19(16-21)9-12-25(33)30-23/h3-12,15-16,26,31H,2,13-14,17-18H2,1H3,(H,30,33)(H,35,36)/t26-/m0/s1. The Morgan fingerprint density at radius 3 is 2.59 bits per heavy atom. The van der Waals surface area contributed by atoms with Crippen molar-refractivity contribution >= 4 is 44.1 Å². The lowest BCUT2D eigenvalue weighted by atomic mass is 10.0. The molecule has 1 amide bonds. The van der Waals surface area contributed by atoms with Crippen molar-refractivity contribution in [2.45, 2.75) is 37.2 Å². The van der Waals surface area contributed by atoms with Crippen LogP contribution in [0.2, 0.25) is 0 Å². The van der Waals surface area contributed by atoms with Gasteiger partial charge in [-0.2, -0.15) is 4.72 Å². The summed E-state index contributed by atoms with van der Waals surface area (Å²) in [6.45, 7) is 2.33. The topological polar surface area (TPSA) is 146 Å². The van der Waals surface area contributed by atoms with E-state index in [9.17, 15) is 27.9 Å². The molecule has 10 nitrogen and oxygen atoms in total. The zero-order valence-corrected chi connectivity index (χ0v) is 23.8. The highest BCUT2D eigenvalue weighted by Crippen LogP contribution is 2.46. The molecule has 1 aliphatic rings. The second-order valence-corrected chi connectivity index (χ2v) is 12.7. The summed E-state index contributed by atoms with van der Waals surface area (Å²) in [6, 6.07) is 16.1. The first-order valence-corrected chi connectivity index (χ1v) is 15.4. The Morgan fingerprint density at radius 2 is 1.90 bits per heavy atom. The van der Waals surface area contributed by atoms with Crippen LogP contribution in [0.25, 0.3) is 10.9 Å². The molecular formula is C29H29N3O7S2. The highest BCUT2D eigenvalue weighted by molar-refractivity contribution is 7.89. The van der Waals surface area contributed by atoms with Crippen LogP contribution in [-0.4, -0.2) is 48.4 Å². The second-order valence-electron chi connectivity index (χ2n) is 9.97. The number of ether oxygens (including phenoxy) is 1. The fourth-order valence-electron chi connectivity index (χ4n) is 4.53. The van der Waals surface area contributed by atoms with Gasteiger partial charge in [-0.3, -0.25) is 14.4 Å². The molecule has 0 aliphatic heterocycles. The molecule has 3 N–H and O–H groups in total. The molecule has 0 spiro atoms. The number of para-hydroxylation sites is 1. The molecule has 0 saturated heterocycles. The molecule has 12 heteroatoms. The predicted octanol–water partition coefficient (Wildman–Crippen LogP) is 3.90. The number of fused-ring (bicyclic) bond motifs is 1. The van der Waals surface area contributed by atoms with Crippen molar-refractivity contribution in [3.8, 4) is 5.75 Å². The highest BCUT2D eigenvalue weighted by atomic mass is 32.2. The highest BCUT2D eigenvalue weighted by Gasteiger charge is 2.51. The van der Waals surface area contributed by atoms with Crippen molar-refractivity contribution in [3.63, 3.8) is 0 Å². The molecule has 214 valence electrons. The summed E-state index contributed by atoms with van der Waals surface area (Å²) in [7, 11) is -4.26. The monoisotopic (exact) mass is 595 g/mol. The van der Waals surface area contributed by atoms with E-state index < -0.39 is 33.4 Å². The number of carbonyl (C=O) groups is 2. The number of amides is 1. The number of nitrogens with zero attached hydrogens (tertiary/aromatic N) is 1. The minimum absolute atomic E-state index is 0.0858. The summed E-state index contributed by atoms with van der Waals surface area (Å²) in [5, 5.41) is 12.0. The molecule has 0 bridgehead atoms. The minimum Gasteiger partial charge on any atom is -0.492 e. The second kappa shape index (κ2) is 11.5. The van der Waals surface area contributed by atoms with Crippen molar-refractivity contribution in [2.75, 3.05) is 13.2 Å². The van der Waals surface area contributed by atoms with Crippen LogP contribution in [0.1, 0.15) is 36.2 Å². The Hall–Kier alpha value is -4.00. The summed E-state index contributed by atoms with van der Waals surface area (Å²) in [5.41, 5.74) is -0.539. The number of aromatic nitrogens is 1. The smallest absolute Gasteiger partial charge is 0.313 e. The average Bonchev–Trinajstić information content (AvgIpc) is 3.59. The molecule has 41 heavy (non-hydrogen) atoms. The van der Waals surface area contributed by atoms with Crippen LogP contribution in [0.5, 0.6) is 5.75 Å². The Morgan fingerprint density at radius 1 is 1.12 bits per heavy atom. The first kappa shape index (κ1) is 28.5. The van der Waals surface area contributed by atoms with Gasteiger partial charge >= 0.3 is 5.97 Å². The number of carboxylic acids is 1. The van der Waals surface area contributed by atoms with Crippen LogP contribution in [0, 0.1) is 5.41 Å². The third kappa shape index (κ3) is 6.19. The number of H-pyrrole nitrogens is 1. The molecule has 1 saturated carbocycles. The van der Waals surface area contributed by atoms with Gasteiger partial charge in [0.05, 0.1) is 11.4 Å². The van der Waals surface area contributed by atoms with Crippen LogP contribution in [0.3, 0.4) is 0 Å². The van der Waals surface area contributed by atoms with E-state index in [0.717, 1.165) is 4.88 Å². The van der Waals surface area contributed by atoms with Gasteiger partial charge in [-0.1, -0.05) is 24.3 Å². The van der Waals surface area contributed by atoms with Crippen LogP contribution < -0.4 is 15.0 Å². The van der Waals surface area contributed by atoms with Crippen LogP contribution >= 0.6 is 11.3 Å². The molecule has 1 fully saturated rings. The number of pyridine rings is 1. The van der Waals surface area contributed by atoms with E-state index in [2.05, 4.69) is 9.71 Å². The van der Waals surface area contributed by atoms with E-state index in [1.807, 2.05) is 24.4 Å². The number of aromatic amines is 1. The van der Waals surface area contributed by atoms with Crippen molar-refractivity contribution in [1.29, 1.82) is 0 Å². The molecule has 2 aromatic heterocycles. The molecule has 2 aromatic carbocycles. The number of rotatable bonds is 12. The van der Waals surface area contributed by atoms with Gasteiger partial charge in [0.25, 0.3) is 0 Å². The van der Waals surface area contributed by atoms with E-state index >= 15 is 0 Å². The van der Waals surface area contributed by atoms with Gasteiger partial charge in [0, 0.05) is 28.6 Å². The molecule has 4 aromatic rings. The summed E-state index contributed by atoms with van der Waals surface area (Å²) in [5.74, 6) is -1.21. The molecule has 5 rings (SSSR count). The molecule has 0 unspecified atom stereocenters. The lowest BCUT2D eigenvalue weighted by molar-refractivity contribution is -0.144. The van der Waals surface area contributed by atoms with Crippen LogP contribution in [-0.2, 0) is 26.2 Å². The fourth-order valence-corrected chi connectivity index (χ4v) is 6.45.